The number of rotatable bonds is 10. The lowest BCUT2D eigenvalue weighted by Gasteiger charge is -2.27. The Morgan fingerprint density at radius 3 is 2.43 bits per heavy atom. The number of carbonyl (C=O) groups is 1. The van der Waals surface area contributed by atoms with Crippen LogP contribution in [-0.4, -0.2) is 29.7 Å². The van der Waals surface area contributed by atoms with Crippen LogP contribution in [0, 0.1) is 11.6 Å². The standard InChI is InChI=1S/C24H30F2N2O2/c1-3-5-17-6-4-7-19(10-17)24(8-9-24)27-15-23(30)22(28-16(2)29)13-18-11-20(25)14-21(26)12-18/h4,6-7,10-12,14,22-23,27,30H,3,5,8-9,13,15H2,1-2H3,(H,28,29)/t22-,23-/m0/s1. The highest BCUT2D eigenvalue weighted by Gasteiger charge is 2.44. The molecule has 3 N–H and O–H groups in total. The lowest BCUT2D eigenvalue weighted by Crippen LogP contribution is -2.49. The molecule has 0 spiro atoms. The zero-order chi connectivity index (χ0) is 21.7. The van der Waals surface area contributed by atoms with Crippen molar-refractivity contribution < 1.29 is 18.7 Å². The molecule has 6 heteroatoms. The van der Waals surface area contributed by atoms with E-state index in [2.05, 4.69) is 41.8 Å². The number of hydrogen-bond donors (Lipinski definition) is 3. The molecule has 2 aromatic carbocycles. The molecule has 0 aliphatic heterocycles. The summed E-state index contributed by atoms with van der Waals surface area (Å²) < 4.78 is 27.1. The summed E-state index contributed by atoms with van der Waals surface area (Å²) in [6.07, 6.45) is 3.31. The average Bonchev–Trinajstić information content (AvgIpc) is 3.46. The smallest absolute Gasteiger partial charge is 0.217 e. The molecule has 2 atom stereocenters. The van der Waals surface area contributed by atoms with Crippen LogP contribution >= 0.6 is 0 Å². The van der Waals surface area contributed by atoms with Gasteiger partial charge in [0.25, 0.3) is 0 Å². The highest BCUT2D eigenvalue weighted by Crippen LogP contribution is 2.45. The Hall–Kier alpha value is -2.31. The predicted molar refractivity (Wildman–Crippen MR) is 113 cm³/mol. The van der Waals surface area contributed by atoms with Crippen molar-refractivity contribution in [2.45, 2.75) is 63.6 Å². The maximum atomic E-state index is 13.5. The van der Waals surface area contributed by atoms with Crippen LogP contribution in [0.4, 0.5) is 8.78 Å². The molecule has 0 aromatic heterocycles. The van der Waals surface area contributed by atoms with Gasteiger partial charge in [0.1, 0.15) is 11.6 Å². The summed E-state index contributed by atoms with van der Waals surface area (Å²) in [5.41, 5.74) is 2.74. The minimum Gasteiger partial charge on any atom is -0.390 e. The normalized spacial score (nSPS) is 16.7. The summed E-state index contributed by atoms with van der Waals surface area (Å²) in [6, 6.07) is 11.1. The fourth-order valence-corrected chi connectivity index (χ4v) is 3.97. The SMILES string of the molecule is CCCc1cccc(C2(NC[C@H](O)[C@H](Cc3cc(F)cc(F)c3)NC(C)=O)CC2)c1. The van der Waals surface area contributed by atoms with Crippen molar-refractivity contribution in [3.63, 3.8) is 0 Å². The van der Waals surface area contributed by atoms with E-state index in [1.165, 1.54) is 30.2 Å². The monoisotopic (exact) mass is 416 g/mol. The van der Waals surface area contributed by atoms with Gasteiger partial charge in [-0.2, -0.15) is 0 Å². The highest BCUT2D eigenvalue weighted by molar-refractivity contribution is 5.73. The molecule has 1 fully saturated rings. The van der Waals surface area contributed by atoms with Gasteiger partial charge in [0.15, 0.2) is 0 Å². The van der Waals surface area contributed by atoms with Gasteiger partial charge >= 0.3 is 0 Å². The van der Waals surface area contributed by atoms with E-state index in [-0.39, 0.29) is 24.4 Å². The number of benzene rings is 2. The topological polar surface area (TPSA) is 61.4 Å². The summed E-state index contributed by atoms with van der Waals surface area (Å²) in [5, 5.41) is 17.0. The fraction of sp³-hybridized carbons (Fsp3) is 0.458. The number of aryl methyl sites for hydroxylation is 1. The fourth-order valence-electron chi connectivity index (χ4n) is 3.97. The Kier molecular flexibility index (Phi) is 7.21. The highest BCUT2D eigenvalue weighted by atomic mass is 19.1. The van der Waals surface area contributed by atoms with E-state index < -0.39 is 23.8 Å². The van der Waals surface area contributed by atoms with Gasteiger partial charge in [-0.25, -0.2) is 8.78 Å². The van der Waals surface area contributed by atoms with Gasteiger partial charge in [-0.1, -0.05) is 37.6 Å². The second-order valence-electron chi connectivity index (χ2n) is 8.27. The Bertz CT molecular complexity index is 863. The molecule has 3 rings (SSSR count). The Morgan fingerprint density at radius 1 is 1.13 bits per heavy atom. The van der Waals surface area contributed by atoms with E-state index in [9.17, 15) is 18.7 Å². The van der Waals surface area contributed by atoms with Gasteiger partial charge in [0.2, 0.25) is 5.91 Å². The van der Waals surface area contributed by atoms with Crippen LogP contribution in [0.3, 0.4) is 0 Å². The van der Waals surface area contributed by atoms with Crippen LogP contribution in [0.2, 0.25) is 0 Å². The van der Waals surface area contributed by atoms with Gasteiger partial charge in [-0.05, 0) is 54.5 Å². The lowest BCUT2D eigenvalue weighted by atomic mass is 9.98. The summed E-state index contributed by atoms with van der Waals surface area (Å²) in [5.74, 6) is -1.66. The quantitative estimate of drug-likeness (QED) is 0.555. The molecule has 1 amide bonds. The van der Waals surface area contributed by atoms with E-state index in [1.807, 2.05) is 0 Å². The zero-order valence-electron chi connectivity index (χ0n) is 17.6. The number of amides is 1. The van der Waals surface area contributed by atoms with Crippen molar-refractivity contribution in [1.29, 1.82) is 0 Å². The van der Waals surface area contributed by atoms with Crippen molar-refractivity contribution >= 4 is 5.91 Å². The van der Waals surface area contributed by atoms with Gasteiger partial charge in [-0.3, -0.25) is 4.79 Å². The number of aliphatic hydroxyl groups is 1. The first kappa shape index (κ1) is 22.4. The van der Waals surface area contributed by atoms with E-state index in [0.29, 0.717) is 5.56 Å². The largest absolute Gasteiger partial charge is 0.390 e. The number of aliphatic hydroxyl groups excluding tert-OH is 1. The molecule has 1 aliphatic rings. The molecule has 162 valence electrons. The third kappa shape index (κ3) is 5.86. The molecular formula is C24H30F2N2O2. The van der Waals surface area contributed by atoms with E-state index in [0.717, 1.165) is 31.7 Å². The first-order chi connectivity index (χ1) is 14.3. The molecule has 0 saturated heterocycles. The first-order valence-corrected chi connectivity index (χ1v) is 10.6. The van der Waals surface area contributed by atoms with Crippen LogP contribution in [0.1, 0.15) is 49.8 Å². The first-order valence-electron chi connectivity index (χ1n) is 10.6. The van der Waals surface area contributed by atoms with Gasteiger partial charge in [-0.15, -0.1) is 0 Å². The molecule has 1 saturated carbocycles. The van der Waals surface area contributed by atoms with Crippen molar-refractivity contribution in [3.05, 3.63) is 70.8 Å². The molecule has 0 unspecified atom stereocenters. The summed E-state index contributed by atoms with van der Waals surface area (Å²) >= 11 is 0. The van der Waals surface area contributed by atoms with Crippen molar-refractivity contribution in [2.24, 2.45) is 0 Å². The van der Waals surface area contributed by atoms with Crippen LogP contribution < -0.4 is 10.6 Å². The summed E-state index contributed by atoms with van der Waals surface area (Å²) in [6.45, 7) is 3.78. The molecule has 0 heterocycles. The molecular weight excluding hydrogens is 386 g/mol. The minimum atomic E-state index is -0.906. The molecule has 0 bridgehead atoms. The van der Waals surface area contributed by atoms with E-state index >= 15 is 0 Å². The van der Waals surface area contributed by atoms with E-state index in [4.69, 9.17) is 0 Å². The van der Waals surface area contributed by atoms with Crippen LogP contribution in [0.5, 0.6) is 0 Å². The third-order valence-electron chi connectivity index (χ3n) is 5.65. The second kappa shape index (κ2) is 9.67. The Balaban J connectivity index is 1.67. The Labute approximate surface area is 176 Å². The van der Waals surface area contributed by atoms with Gasteiger partial charge in [0, 0.05) is 25.1 Å². The summed E-state index contributed by atoms with van der Waals surface area (Å²) in [4.78, 5) is 11.6. The number of nitrogens with one attached hydrogen (secondary N) is 2. The average molecular weight is 417 g/mol. The number of halogens is 2. The molecule has 0 radical (unpaired) electrons. The number of carbonyl (C=O) groups excluding carboxylic acids is 1. The van der Waals surface area contributed by atoms with Crippen LogP contribution in [0.15, 0.2) is 42.5 Å². The van der Waals surface area contributed by atoms with Crippen molar-refractivity contribution in [1.82, 2.24) is 10.6 Å². The Morgan fingerprint density at radius 2 is 1.83 bits per heavy atom. The molecule has 1 aliphatic carbocycles. The van der Waals surface area contributed by atoms with E-state index in [1.54, 1.807) is 0 Å². The molecule has 2 aromatic rings. The zero-order valence-corrected chi connectivity index (χ0v) is 17.6. The number of hydrogen-bond acceptors (Lipinski definition) is 3. The van der Waals surface area contributed by atoms with Gasteiger partial charge < -0.3 is 15.7 Å². The van der Waals surface area contributed by atoms with Gasteiger partial charge in [0.05, 0.1) is 12.1 Å². The maximum Gasteiger partial charge on any atom is 0.217 e. The van der Waals surface area contributed by atoms with Crippen LogP contribution in [0.25, 0.3) is 0 Å². The molecule has 30 heavy (non-hydrogen) atoms. The third-order valence-corrected chi connectivity index (χ3v) is 5.65. The van der Waals surface area contributed by atoms with Crippen LogP contribution in [-0.2, 0) is 23.2 Å². The van der Waals surface area contributed by atoms with Crippen molar-refractivity contribution in [3.8, 4) is 0 Å². The minimum absolute atomic E-state index is 0.135. The second-order valence-corrected chi connectivity index (χ2v) is 8.27. The summed E-state index contributed by atoms with van der Waals surface area (Å²) in [7, 11) is 0. The predicted octanol–water partition coefficient (Wildman–Crippen LogP) is 3.60. The van der Waals surface area contributed by atoms with Crippen molar-refractivity contribution in [2.75, 3.05) is 6.54 Å². The lowest BCUT2D eigenvalue weighted by molar-refractivity contribution is -0.120. The maximum absolute atomic E-state index is 13.5. The molecule has 4 nitrogen and oxygen atoms in total.